The molecule has 7 heteroatoms. The topological polar surface area (TPSA) is 75.5 Å². The van der Waals surface area contributed by atoms with E-state index >= 15 is 0 Å². The third-order valence-electron chi connectivity index (χ3n) is 1.90. The number of halogens is 1. The van der Waals surface area contributed by atoms with Crippen molar-refractivity contribution in [2.45, 2.75) is 0 Å². The van der Waals surface area contributed by atoms with Gasteiger partial charge in [0.15, 0.2) is 0 Å². The van der Waals surface area contributed by atoms with Gasteiger partial charge in [-0.2, -0.15) is 0 Å². The Kier molecular flexibility index (Phi) is 4.59. The number of benzene rings is 1. The lowest BCUT2D eigenvalue weighted by Gasteiger charge is -2.11. The van der Waals surface area contributed by atoms with Gasteiger partial charge in [0, 0.05) is 16.6 Å². The van der Waals surface area contributed by atoms with Crippen LogP contribution in [0.25, 0.3) is 0 Å². The fourth-order valence-corrected chi connectivity index (χ4v) is 1.66. The fraction of sp³-hybridized carbons (Fsp3) is 0.300. The van der Waals surface area contributed by atoms with Gasteiger partial charge < -0.3 is 10.2 Å². The number of nitro groups is 1. The summed E-state index contributed by atoms with van der Waals surface area (Å²) in [6.07, 6.45) is 0. The molecule has 1 aromatic rings. The maximum absolute atomic E-state index is 11.5. The molecule has 0 saturated heterocycles. The van der Waals surface area contributed by atoms with Crippen molar-refractivity contribution in [1.82, 2.24) is 4.90 Å². The van der Waals surface area contributed by atoms with Crippen LogP contribution >= 0.6 is 15.9 Å². The van der Waals surface area contributed by atoms with E-state index in [9.17, 15) is 14.9 Å². The van der Waals surface area contributed by atoms with Crippen LogP contribution in [0.2, 0.25) is 0 Å². The summed E-state index contributed by atoms with van der Waals surface area (Å²) in [4.78, 5) is 23.3. The lowest BCUT2D eigenvalue weighted by Crippen LogP contribution is -2.27. The van der Waals surface area contributed by atoms with Gasteiger partial charge in [-0.3, -0.25) is 14.9 Å². The molecule has 17 heavy (non-hydrogen) atoms. The highest BCUT2D eigenvalue weighted by Gasteiger charge is 2.11. The molecule has 0 bridgehead atoms. The van der Waals surface area contributed by atoms with Crippen LogP contribution in [0.15, 0.2) is 22.7 Å². The maximum Gasteiger partial charge on any atom is 0.270 e. The fourth-order valence-electron chi connectivity index (χ4n) is 1.20. The monoisotopic (exact) mass is 301 g/mol. The number of rotatable bonds is 4. The molecule has 0 aliphatic carbocycles. The van der Waals surface area contributed by atoms with Gasteiger partial charge in [-0.15, -0.1) is 0 Å². The van der Waals surface area contributed by atoms with Crippen molar-refractivity contribution in [2.24, 2.45) is 0 Å². The van der Waals surface area contributed by atoms with Crippen LogP contribution in [-0.2, 0) is 4.79 Å². The van der Waals surface area contributed by atoms with Crippen LogP contribution in [0.1, 0.15) is 0 Å². The van der Waals surface area contributed by atoms with Crippen molar-refractivity contribution in [1.29, 1.82) is 0 Å². The number of nitro benzene ring substituents is 1. The zero-order valence-corrected chi connectivity index (χ0v) is 11.0. The van der Waals surface area contributed by atoms with E-state index in [0.29, 0.717) is 10.2 Å². The molecule has 0 radical (unpaired) electrons. The third kappa shape index (κ3) is 4.12. The molecule has 0 atom stereocenters. The molecule has 0 heterocycles. The average Bonchev–Trinajstić information content (AvgIpc) is 2.19. The van der Waals surface area contributed by atoms with Crippen LogP contribution in [0.5, 0.6) is 0 Å². The predicted octanol–water partition coefficient (Wildman–Crippen LogP) is 1.86. The van der Waals surface area contributed by atoms with Crippen molar-refractivity contribution in [3.63, 3.8) is 0 Å². The molecule has 1 rings (SSSR count). The normalized spacial score (nSPS) is 10.4. The minimum absolute atomic E-state index is 0.0255. The van der Waals surface area contributed by atoms with E-state index in [0.717, 1.165) is 0 Å². The van der Waals surface area contributed by atoms with Crippen molar-refractivity contribution in [2.75, 3.05) is 26.0 Å². The summed E-state index contributed by atoms with van der Waals surface area (Å²) < 4.78 is 0.485. The van der Waals surface area contributed by atoms with Crippen LogP contribution < -0.4 is 5.32 Å². The van der Waals surface area contributed by atoms with Crippen molar-refractivity contribution < 1.29 is 9.72 Å². The molecule has 1 aromatic carbocycles. The summed E-state index contributed by atoms with van der Waals surface area (Å²) in [6.45, 7) is 0.253. The molecular weight excluding hydrogens is 290 g/mol. The highest BCUT2D eigenvalue weighted by atomic mass is 79.9. The van der Waals surface area contributed by atoms with E-state index < -0.39 is 4.92 Å². The largest absolute Gasteiger partial charge is 0.324 e. The minimum Gasteiger partial charge on any atom is -0.324 e. The number of nitrogens with one attached hydrogen (secondary N) is 1. The van der Waals surface area contributed by atoms with Gasteiger partial charge in [-0.1, -0.05) is 0 Å². The third-order valence-corrected chi connectivity index (χ3v) is 2.55. The van der Waals surface area contributed by atoms with E-state index in [2.05, 4.69) is 21.2 Å². The number of hydrogen-bond acceptors (Lipinski definition) is 4. The van der Waals surface area contributed by atoms with Crippen molar-refractivity contribution in [3.8, 4) is 0 Å². The molecular formula is C10H12BrN3O3. The second-order valence-corrected chi connectivity index (χ2v) is 4.56. The maximum atomic E-state index is 11.5. The van der Waals surface area contributed by atoms with Crippen LogP contribution in [-0.4, -0.2) is 36.4 Å². The Hall–Kier alpha value is -1.47. The van der Waals surface area contributed by atoms with E-state index in [1.807, 2.05) is 0 Å². The molecule has 1 N–H and O–H groups in total. The quantitative estimate of drug-likeness (QED) is 0.680. The molecule has 0 aromatic heterocycles. The summed E-state index contributed by atoms with van der Waals surface area (Å²) in [5.74, 6) is -0.176. The SMILES string of the molecule is CN(C)CC(=O)Nc1ccc([N+](=O)[O-])cc1Br. The number of non-ortho nitro benzene ring substituents is 1. The Morgan fingerprint density at radius 3 is 2.65 bits per heavy atom. The minimum atomic E-state index is -0.490. The number of carbonyl (C=O) groups is 1. The molecule has 0 saturated carbocycles. The summed E-state index contributed by atoms with van der Waals surface area (Å²) in [6, 6.07) is 4.19. The van der Waals surface area contributed by atoms with E-state index in [1.165, 1.54) is 18.2 Å². The van der Waals surface area contributed by atoms with Crippen molar-refractivity contribution in [3.05, 3.63) is 32.8 Å². The lowest BCUT2D eigenvalue weighted by atomic mass is 10.3. The van der Waals surface area contributed by atoms with Gasteiger partial charge >= 0.3 is 0 Å². The Balaban J connectivity index is 2.79. The van der Waals surface area contributed by atoms with E-state index in [-0.39, 0.29) is 18.1 Å². The Labute approximate surface area is 107 Å². The smallest absolute Gasteiger partial charge is 0.270 e. The first-order chi connectivity index (χ1) is 7.90. The van der Waals surface area contributed by atoms with Gasteiger partial charge in [0.1, 0.15) is 0 Å². The second-order valence-electron chi connectivity index (χ2n) is 3.71. The van der Waals surface area contributed by atoms with Gasteiger partial charge in [0.05, 0.1) is 17.2 Å². The Morgan fingerprint density at radius 1 is 1.53 bits per heavy atom. The molecule has 0 spiro atoms. The first-order valence-corrected chi connectivity index (χ1v) is 5.58. The number of nitrogens with zero attached hydrogens (tertiary/aromatic N) is 2. The number of anilines is 1. The summed E-state index contributed by atoms with van der Waals surface area (Å²) in [5, 5.41) is 13.2. The number of carbonyl (C=O) groups excluding carboxylic acids is 1. The molecule has 0 unspecified atom stereocenters. The first kappa shape index (κ1) is 13.6. The van der Waals surface area contributed by atoms with Crippen molar-refractivity contribution >= 4 is 33.2 Å². The zero-order valence-electron chi connectivity index (χ0n) is 9.44. The van der Waals surface area contributed by atoms with Gasteiger partial charge in [-0.05, 0) is 36.1 Å². The highest BCUT2D eigenvalue weighted by molar-refractivity contribution is 9.10. The standard InChI is InChI=1S/C10H12BrN3O3/c1-13(2)6-10(15)12-9-4-3-7(14(16)17)5-8(9)11/h3-5H,6H2,1-2H3,(H,12,15). The summed E-state index contributed by atoms with van der Waals surface area (Å²) >= 11 is 3.18. The number of amides is 1. The molecule has 0 fully saturated rings. The molecule has 0 aliphatic heterocycles. The lowest BCUT2D eigenvalue weighted by molar-refractivity contribution is -0.384. The molecule has 6 nitrogen and oxygen atoms in total. The summed E-state index contributed by atoms with van der Waals surface area (Å²) in [7, 11) is 3.56. The van der Waals surface area contributed by atoms with Gasteiger partial charge in [0.2, 0.25) is 5.91 Å². The van der Waals surface area contributed by atoms with Crippen LogP contribution in [0.3, 0.4) is 0 Å². The van der Waals surface area contributed by atoms with E-state index in [4.69, 9.17) is 0 Å². The summed E-state index contributed by atoms with van der Waals surface area (Å²) in [5.41, 5.74) is 0.491. The van der Waals surface area contributed by atoms with Gasteiger partial charge in [-0.25, -0.2) is 0 Å². The molecule has 92 valence electrons. The van der Waals surface area contributed by atoms with Crippen LogP contribution in [0, 0.1) is 10.1 Å². The average molecular weight is 302 g/mol. The predicted molar refractivity (Wildman–Crippen MR) is 68.0 cm³/mol. The number of hydrogen-bond donors (Lipinski definition) is 1. The molecule has 0 aliphatic rings. The Morgan fingerprint density at radius 2 is 2.18 bits per heavy atom. The first-order valence-electron chi connectivity index (χ1n) is 4.78. The number of likely N-dealkylation sites (N-methyl/N-ethyl adjacent to an activating group) is 1. The van der Waals surface area contributed by atoms with E-state index in [1.54, 1.807) is 19.0 Å². The highest BCUT2D eigenvalue weighted by Crippen LogP contribution is 2.26. The Bertz CT molecular complexity index is 448. The van der Waals surface area contributed by atoms with Gasteiger partial charge in [0.25, 0.3) is 5.69 Å². The second kappa shape index (κ2) is 5.74. The van der Waals surface area contributed by atoms with Crippen LogP contribution in [0.4, 0.5) is 11.4 Å². The zero-order chi connectivity index (χ0) is 13.0. The molecule has 1 amide bonds.